The number of thiophene rings is 1. The second kappa shape index (κ2) is 9.72. The van der Waals surface area contributed by atoms with E-state index < -0.39 is 5.60 Å². The van der Waals surface area contributed by atoms with Crippen LogP contribution >= 0.6 is 34.5 Å². The minimum Gasteiger partial charge on any atom is -0.385 e. The lowest BCUT2D eigenvalue weighted by Gasteiger charge is -2.38. The van der Waals surface area contributed by atoms with E-state index in [2.05, 4.69) is 9.89 Å². The predicted octanol–water partition coefficient (Wildman–Crippen LogP) is 5.62. The van der Waals surface area contributed by atoms with Crippen LogP contribution in [0.1, 0.15) is 28.8 Å². The van der Waals surface area contributed by atoms with Crippen molar-refractivity contribution in [2.45, 2.75) is 24.9 Å². The summed E-state index contributed by atoms with van der Waals surface area (Å²) in [7, 11) is 0. The van der Waals surface area contributed by atoms with Crippen molar-refractivity contribution in [2.75, 3.05) is 19.6 Å². The van der Waals surface area contributed by atoms with Crippen molar-refractivity contribution in [1.29, 1.82) is 0 Å². The van der Waals surface area contributed by atoms with Crippen LogP contribution in [0, 0.1) is 0 Å². The molecule has 0 aliphatic carbocycles. The van der Waals surface area contributed by atoms with Gasteiger partial charge in [0.25, 0.3) is 0 Å². The number of aliphatic hydroxyl groups is 1. The molecule has 3 aromatic rings. The van der Waals surface area contributed by atoms with Gasteiger partial charge in [-0.2, -0.15) is 0 Å². The third-order valence-corrected chi connectivity index (χ3v) is 7.57. The molecule has 2 heterocycles. The quantitative estimate of drug-likeness (QED) is 0.360. The van der Waals surface area contributed by atoms with Crippen LogP contribution in [-0.4, -0.2) is 35.5 Å². The highest BCUT2D eigenvalue weighted by atomic mass is 35.5. The van der Waals surface area contributed by atoms with E-state index >= 15 is 0 Å². The van der Waals surface area contributed by atoms with Crippen LogP contribution in [0.5, 0.6) is 0 Å². The van der Waals surface area contributed by atoms with E-state index in [4.69, 9.17) is 28.9 Å². The van der Waals surface area contributed by atoms with Gasteiger partial charge in [-0.3, -0.25) is 0 Å². The molecule has 1 aromatic heterocycles. The fraction of sp³-hybridized carbons (Fsp3) is 0.292. The fourth-order valence-electron chi connectivity index (χ4n) is 3.94. The smallest absolute Gasteiger partial charge is 0.141 e. The van der Waals surface area contributed by atoms with Gasteiger partial charge in [-0.1, -0.05) is 53.5 Å². The number of halogens is 2. The van der Waals surface area contributed by atoms with Crippen molar-refractivity contribution in [1.82, 2.24) is 4.90 Å². The minimum atomic E-state index is -0.854. The van der Waals surface area contributed by atoms with E-state index in [1.165, 1.54) is 0 Å². The molecule has 1 aliphatic rings. The van der Waals surface area contributed by atoms with E-state index in [9.17, 15) is 5.11 Å². The molecule has 162 valence electrons. The summed E-state index contributed by atoms with van der Waals surface area (Å²) in [6, 6.07) is 17.4. The van der Waals surface area contributed by atoms with Gasteiger partial charge in [0.2, 0.25) is 0 Å². The summed E-state index contributed by atoms with van der Waals surface area (Å²) in [5.41, 5.74) is 7.98. The summed E-state index contributed by atoms with van der Waals surface area (Å²) in [5.74, 6) is 0.494. The zero-order valence-corrected chi connectivity index (χ0v) is 19.4. The first kappa shape index (κ1) is 22.3. The molecule has 1 aliphatic heterocycles. The SMILES string of the molecule is NC(=Nc1cccc(C2(O)CCN(CCc3cccc(Cl)c3Cl)CC2)c1)c1cccs1. The molecule has 0 bridgehead atoms. The second-order valence-electron chi connectivity index (χ2n) is 7.86. The summed E-state index contributed by atoms with van der Waals surface area (Å²) < 4.78 is 0. The average molecular weight is 474 g/mol. The normalized spacial score (nSPS) is 17.1. The second-order valence-corrected chi connectivity index (χ2v) is 9.59. The Labute approximate surface area is 196 Å². The van der Waals surface area contributed by atoms with Gasteiger partial charge in [-0.05, 0) is 60.0 Å². The maximum Gasteiger partial charge on any atom is 0.141 e. The molecule has 2 aromatic carbocycles. The van der Waals surface area contributed by atoms with Crippen molar-refractivity contribution in [2.24, 2.45) is 10.7 Å². The number of aliphatic imine (C=N–C) groups is 1. The lowest BCUT2D eigenvalue weighted by atomic mass is 9.84. The Morgan fingerprint density at radius 2 is 1.87 bits per heavy atom. The van der Waals surface area contributed by atoms with E-state index in [1.807, 2.05) is 53.9 Å². The van der Waals surface area contributed by atoms with Crippen molar-refractivity contribution < 1.29 is 5.11 Å². The standard InChI is InChI=1S/C24H25Cl2N3OS/c25-20-7-1-4-17(22(20)26)9-12-29-13-10-24(30,11-14-29)18-5-2-6-19(16-18)28-23(27)21-8-3-15-31-21/h1-8,15-16,30H,9-14H2,(H2,27,28). The number of hydrogen-bond donors (Lipinski definition) is 2. The predicted molar refractivity (Wildman–Crippen MR) is 131 cm³/mol. The van der Waals surface area contributed by atoms with Gasteiger partial charge < -0.3 is 15.7 Å². The van der Waals surface area contributed by atoms with Gasteiger partial charge in [0.1, 0.15) is 5.84 Å². The van der Waals surface area contributed by atoms with Crippen molar-refractivity contribution in [3.63, 3.8) is 0 Å². The first-order valence-electron chi connectivity index (χ1n) is 10.3. The Morgan fingerprint density at radius 1 is 1.10 bits per heavy atom. The van der Waals surface area contributed by atoms with Crippen LogP contribution in [0.2, 0.25) is 10.0 Å². The number of piperidine rings is 1. The molecule has 31 heavy (non-hydrogen) atoms. The van der Waals surface area contributed by atoms with E-state index in [0.29, 0.717) is 28.7 Å². The molecular formula is C24H25Cl2N3OS. The Bertz CT molecular complexity index is 1060. The van der Waals surface area contributed by atoms with E-state index in [-0.39, 0.29) is 0 Å². The highest BCUT2D eigenvalue weighted by molar-refractivity contribution is 7.12. The molecule has 4 rings (SSSR count). The van der Waals surface area contributed by atoms with Crippen LogP contribution in [0.4, 0.5) is 5.69 Å². The molecule has 4 nitrogen and oxygen atoms in total. The first-order valence-corrected chi connectivity index (χ1v) is 11.9. The molecular weight excluding hydrogens is 449 g/mol. The van der Waals surface area contributed by atoms with Gasteiger partial charge in [0, 0.05) is 19.6 Å². The van der Waals surface area contributed by atoms with Gasteiger partial charge in [-0.15, -0.1) is 11.3 Å². The molecule has 0 spiro atoms. The summed E-state index contributed by atoms with van der Waals surface area (Å²) in [5, 5.41) is 14.5. The molecule has 7 heteroatoms. The number of nitrogens with two attached hydrogens (primary N) is 1. The van der Waals surface area contributed by atoms with Crippen LogP contribution in [0.3, 0.4) is 0 Å². The number of rotatable bonds is 6. The third-order valence-electron chi connectivity index (χ3n) is 5.82. The molecule has 1 fully saturated rings. The number of nitrogens with zero attached hydrogens (tertiary/aromatic N) is 2. The first-order chi connectivity index (χ1) is 14.9. The fourth-order valence-corrected chi connectivity index (χ4v) is 4.98. The Balaban J connectivity index is 1.39. The van der Waals surface area contributed by atoms with Crippen molar-refractivity contribution in [3.8, 4) is 0 Å². The monoisotopic (exact) mass is 473 g/mol. The molecule has 0 saturated carbocycles. The summed E-state index contributed by atoms with van der Waals surface area (Å²) in [6.45, 7) is 2.52. The van der Waals surface area contributed by atoms with E-state index in [1.54, 1.807) is 17.4 Å². The van der Waals surface area contributed by atoms with Crippen LogP contribution in [0.15, 0.2) is 65.0 Å². The van der Waals surface area contributed by atoms with Crippen molar-refractivity contribution >= 4 is 46.1 Å². The molecule has 1 saturated heterocycles. The molecule has 0 unspecified atom stereocenters. The van der Waals surface area contributed by atoms with E-state index in [0.717, 1.165) is 47.7 Å². The Kier molecular flexibility index (Phi) is 6.99. The van der Waals surface area contributed by atoms with Crippen LogP contribution < -0.4 is 5.73 Å². The van der Waals surface area contributed by atoms with Crippen LogP contribution in [0.25, 0.3) is 0 Å². The maximum absolute atomic E-state index is 11.3. The minimum absolute atomic E-state index is 0.494. The van der Waals surface area contributed by atoms with Gasteiger partial charge in [-0.25, -0.2) is 4.99 Å². The van der Waals surface area contributed by atoms with Gasteiger partial charge in [0.15, 0.2) is 0 Å². The lowest BCUT2D eigenvalue weighted by Crippen LogP contribution is -2.43. The zero-order valence-electron chi connectivity index (χ0n) is 17.1. The highest BCUT2D eigenvalue weighted by Crippen LogP contribution is 2.35. The molecule has 0 amide bonds. The summed E-state index contributed by atoms with van der Waals surface area (Å²) >= 11 is 14.0. The lowest BCUT2D eigenvalue weighted by molar-refractivity contribution is -0.0255. The average Bonchev–Trinajstić information content (AvgIpc) is 3.31. The highest BCUT2D eigenvalue weighted by Gasteiger charge is 2.34. The molecule has 3 N–H and O–H groups in total. The van der Waals surface area contributed by atoms with Crippen LogP contribution in [-0.2, 0) is 12.0 Å². The maximum atomic E-state index is 11.3. The number of hydrogen-bond acceptors (Lipinski definition) is 4. The summed E-state index contributed by atoms with van der Waals surface area (Å²) in [4.78, 5) is 7.85. The Morgan fingerprint density at radius 3 is 2.61 bits per heavy atom. The number of amidine groups is 1. The topological polar surface area (TPSA) is 61.9 Å². The van der Waals surface area contributed by atoms with Crippen molar-refractivity contribution in [3.05, 3.63) is 86.0 Å². The third kappa shape index (κ3) is 5.30. The molecule has 0 atom stereocenters. The Hall–Kier alpha value is -1.89. The summed E-state index contributed by atoms with van der Waals surface area (Å²) in [6.07, 6.45) is 2.18. The largest absolute Gasteiger partial charge is 0.385 e. The van der Waals surface area contributed by atoms with Gasteiger partial charge in [0.05, 0.1) is 26.2 Å². The molecule has 0 radical (unpaired) electrons. The number of benzene rings is 2. The zero-order chi connectivity index (χ0) is 21.8. The van der Waals surface area contributed by atoms with Gasteiger partial charge >= 0.3 is 0 Å². The number of likely N-dealkylation sites (tertiary alicyclic amines) is 1.